The summed E-state index contributed by atoms with van der Waals surface area (Å²) in [6, 6.07) is 9.47. The van der Waals surface area contributed by atoms with Crippen LogP contribution in [0.25, 0.3) is 22.0 Å². The molecule has 0 bridgehead atoms. The molecule has 90 valence electrons. The summed E-state index contributed by atoms with van der Waals surface area (Å²) in [4.78, 5) is 2.77. The van der Waals surface area contributed by atoms with E-state index in [0.717, 1.165) is 0 Å². The minimum atomic E-state index is -0.597. The van der Waals surface area contributed by atoms with Crippen LogP contribution in [0.3, 0.4) is 0 Å². The fourth-order valence-corrected chi connectivity index (χ4v) is 2.09. The third-order valence-corrected chi connectivity index (χ3v) is 2.91. The van der Waals surface area contributed by atoms with Gasteiger partial charge in [0.2, 0.25) is 0 Å². The maximum absolute atomic E-state index is 14.3. The SMILES string of the molecule is Nc1cccc(-c2c(F)cc3cc[nH]c3c2F)c1. The summed E-state index contributed by atoms with van der Waals surface area (Å²) in [7, 11) is 0. The van der Waals surface area contributed by atoms with E-state index in [1.807, 2.05) is 0 Å². The Hall–Kier alpha value is -2.36. The molecule has 0 amide bonds. The molecule has 0 saturated heterocycles. The molecule has 0 radical (unpaired) electrons. The minimum absolute atomic E-state index is 0.0581. The van der Waals surface area contributed by atoms with Crippen LogP contribution in [0.1, 0.15) is 0 Å². The zero-order chi connectivity index (χ0) is 12.7. The minimum Gasteiger partial charge on any atom is -0.399 e. The summed E-state index contributed by atoms with van der Waals surface area (Å²) in [6.45, 7) is 0. The Kier molecular flexibility index (Phi) is 2.30. The molecule has 3 N–H and O–H groups in total. The van der Waals surface area contributed by atoms with Crippen LogP contribution in [-0.4, -0.2) is 4.98 Å². The van der Waals surface area contributed by atoms with Crippen LogP contribution in [0.15, 0.2) is 42.6 Å². The highest BCUT2D eigenvalue weighted by molar-refractivity contribution is 5.86. The Bertz CT molecular complexity index is 732. The van der Waals surface area contributed by atoms with Gasteiger partial charge in [0.1, 0.15) is 5.82 Å². The summed E-state index contributed by atoms with van der Waals surface area (Å²) >= 11 is 0. The molecule has 2 nitrogen and oxygen atoms in total. The molecule has 0 atom stereocenters. The first-order chi connectivity index (χ1) is 8.66. The van der Waals surface area contributed by atoms with E-state index >= 15 is 0 Å². The molecule has 3 aromatic rings. The lowest BCUT2D eigenvalue weighted by Gasteiger charge is -2.07. The van der Waals surface area contributed by atoms with Gasteiger partial charge < -0.3 is 10.7 Å². The second kappa shape index (κ2) is 3.84. The van der Waals surface area contributed by atoms with Gasteiger partial charge in [0, 0.05) is 17.3 Å². The lowest BCUT2D eigenvalue weighted by atomic mass is 10.0. The molecule has 1 heterocycles. The van der Waals surface area contributed by atoms with Crippen molar-refractivity contribution in [3.8, 4) is 11.1 Å². The van der Waals surface area contributed by atoms with Gasteiger partial charge in [-0.15, -0.1) is 0 Å². The molecule has 0 saturated carbocycles. The molecule has 4 heteroatoms. The van der Waals surface area contributed by atoms with Crippen molar-refractivity contribution < 1.29 is 8.78 Å². The van der Waals surface area contributed by atoms with E-state index in [1.54, 1.807) is 36.5 Å². The number of H-pyrrole nitrogens is 1. The molecule has 2 aromatic carbocycles. The molecule has 0 unspecified atom stereocenters. The predicted octanol–water partition coefficient (Wildman–Crippen LogP) is 3.70. The highest BCUT2D eigenvalue weighted by Gasteiger charge is 2.16. The highest BCUT2D eigenvalue weighted by atomic mass is 19.1. The second-order valence-corrected chi connectivity index (χ2v) is 4.11. The number of nitrogens with two attached hydrogens (primary N) is 1. The summed E-state index contributed by atoms with van der Waals surface area (Å²) in [5.74, 6) is -1.19. The van der Waals surface area contributed by atoms with Crippen LogP contribution < -0.4 is 5.73 Å². The van der Waals surface area contributed by atoms with E-state index in [1.165, 1.54) is 6.07 Å². The molecule has 0 aliphatic rings. The first-order valence-electron chi connectivity index (χ1n) is 5.48. The number of nitrogen functional groups attached to an aromatic ring is 1. The fraction of sp³-hybridized carbons (Fsp3) is 0. The Morgan fingerprint density at radius 3 is 2.67 bits per heavy atom. The average molecular weight is 244 g/mol. The van der Waals surface area contributed by atoms with Gasteiger partial charge in [-0.2, -0.15) is 0 Å². The van der Waals surface area contributed by atoms with Gasteiger partial charge >= 0.3 is 0 Å². The monoisotopic (exact) mass is 244 g/mol. The van der Waals surface area contributed by atoms with Gasteiger partial charge in [-0.05, 0) is 29.8 Å². The summed E-state index contributed by atoms with van der Waals surface area (Å²) in [6.07, 6.45) is 1.58. The fourth-order valence-electron chi connectivity index (χ4n) is 2.09. The smallest absolute Gasteiger partial charge is 0.157 e. The van der Waals surface area contributed by atoms with Gasteiger partial charge in [-0.3, -0.25) is 0 Å². The van der Waals surface area contributed by atoms with Crippen LogP contribution in [0, 0.1) is 11.6 Å². The van der Waals surface area contributed by atoms with Crippen molar-refractivity contribution in [2.45, 2.75) is 0 Å². The molecule has 0 aliphatic carbocycles. The third-order valence-electron chi connectivity index (χ3n) is 2.91. The molecule has 0 aliphatic heterocycles. The maximum atomic E-state index is 14.3. The third kappa shape index (κ3) is 1.54. The van der Waals surface area contributed by atoms with Crippen LogP contribution in [-0.2, 0) is 0 Å². The average Bonchev–Trinajstić information content (AvgIpc) is 2.77. The largest absolute Gasteiger partial charge is 0.399 e. The topological polar surface area (TPSA) is 41.8 Å². The molecule has 3 rings (SSSR count). The lowest BCUT2D eigenvalue weighted by molar-refractivity contribution is 0.597. The number of anilines is 1. The van der Waals surface area contributed by atoms with E-state index in [2.05, 4.69) is 4.98 Å². The molecule has 0 spiro atoms. The lowest BCUT2D eigenvalue weighted by Crippen LogP contribution is -1.93. The Morgan fingerprint density at radius 2 is 1.89 bits per heavy atom. The Balaban J connectivity index is 2.34. The second-order valence-electron chi connectivity index (χ2n) is 4.11. The maximum Gasteiger partial charge on any atom is 0.157 e. The molecule has 0 fully saturated rings. The van der Waals surface area contributed by atoms with Crippen molar-refractivity contribution in [1.82, 2.24) is 4.98 Å². The molecular weight excluding hydrogens is 234 g/mol. The van der Waals surface area contributed by atoms with E-state index in [-0.39, 0.29) is 5.56 Å². The van der Waals surface area contributed by atoms with Crippen LogP contribution in [0.2, 0.25) is 0 Å². The zero-order valence-electron chi connectivity index (χ0n) is 9.37. The van der Waals surface area contributed by atoms with Gasteiger partial charge in [0.15, 0.2) is 5.82 Å². The Morgan fingerprint density at radius 1 is 1.06 bits per heavy atom. The van der Waals surface area contributed by atoms with Crippen molar-refractivity contribution in [1.29, 1.82) is 0 Å². The number of nitrogens with one attached hydrogen (secondary N) is 1. The first kappa shape index (κ1) is 10.8. The number of benzene rings is 2. The van der Waals surface area contributed by atoms with E-state index in [9.17, 15) is 8.78 Å². The van der Waals surface area contributed by atoms with Gasteiger partial charge in [0.05, 0.1) is 11.1 Å². The van der Waals surface area contributed by atoms with Crippen molar-refractivity contribution in [2.75, 3.05) is 5.73 Å². The summed E-state index contributed by atoms with van der Waals surface area (Å²) in [5.41, 5.74) is 6.78. The van der Waals surface area contributed by atoms with E-state index < -0.39 is 11.6 Å². The number of aromatic amines is 1. The van der Waals surface area contributed by atoms with Crippen molar-refractivity contribution in [2.24, 2.45) is 0 Å². The highest BCUT2D eigenvalue weighted by Crippen LogP contribution is 2.31. The van der Waals surface area contributed by atoms with Crippen LogP contribution in [0.5, 0.6) is 0 Å². The summed E-state index contributed by atoms with van der Waals surface area (Å²) < 4.78 is 28.2. The zero-order valence-corrected chi connectivity index (χ0v) is 9.37. The normalized spacial score (nSPS) is 11.0. The Labute approximate surface area is 102 Å². The predicted molar refractivity (Wildman–Crippen MR) is 68.1 cm³/mol. The number of halogens is 2. The molecule has 1 aromatic heterocycles. The summed E-state index contributed by atoms with van der Waals surface area (Å²) in [5, 5.41) is 0.512. The number of aromatic nitrogens is 1. The van der Waals surface area contributed by atoms with Crippen molar-refractivity contribution >= 4 is 16.6 Å². The van der Waals surface area contributed by atoms with Crippen molar-refractivity contribution in [3.63, 3.8) is 0 Å². The van der Waals surface area contributed by atoms with Gasteiger partial charge in [-0.25, -0.2) is 8.78 Å². The molecular formula is C14H10F2N2. The number of rotatable bonds is 1. The first-order valence-corrected chi connectivity index (χ1v) is 5.48. The number of hydrogen-bond donors (Lipinski definition) is 2. The number of fused-ring (bicyclic) bond motifs is 1. The molecule has 18 heavy (non-hydrogen) atoms. The quantitative estimate of drug-likeness (QED) is 0.630. The van der Waals surface area contributed by atoms with Gasteiger partial charge in [0.25, 0.3) is 0 Å². The standard InChI is InChI=1S/C14H10F2N2/c15-11-7-9-4-5-18-14(9)13(16)12(11)8-2-1-3-10(17)6-8/h1-7,18H,17H2. The van der Waals surface area contributed by atoms with Crippen LogP contribution in [0.4, 0.5) is 14.5 Å². The number of hydrogen-bond acceptors (Lipinski definition) is 1. The van der Waals surface area contributed by atoms with Crippen molar-refractivity contribution in [3.05, 3.63) is 54.2 Å². The van der Waals surface area contributed by atoms with E-state index in [4.69, 9.17) is 5.73 Å². The van der Waals surface area contributed by atoms with E-state index in [0.29, 0.717) is 22.2 Å². The van der Waals surface area contributed by atoms with Crippen LogP contribution >= 0.6 is 0 Å². The van der Waals surface area contributed by atoms with Gasteiger partial charge in [-0.1, -0.05) is 12.1 Å².